The third-order valence-electron chi connectivity index (χ3n) is 3.31. The van der Waals surface area contributed by atoms with Crippen LogP contribution in [0.15, 0.2) is 18.2 Å². The number of benzene rings is 1. The summed E-state index contributed by atoms with van der Waals surface area (Å²) in [4.78, 5) is 4.59. The zero-order chi connectivity index (χ0) is 12.5. The van der Waals surface area contributed by atoms with E-state index in [9.17, 15) is 4.39 Å². The van der Waals surface area contributed by atoms with Gasteiger partial charge in [-0.25, -0.2) is 9.37 Å². The average Bonchev–Trinajstić information content (AvgIpc) is 2.95. The Labute approximate surface area is 115 Å². The fraction of sp³-hybridized carbons (Fsp3) is 0.462. The third kappa shape index (κ3) is 2.12. The standard InChI is InChI=1S/C13H14ClFN2S/c14-5-3-13-16-11-2-1-9(15)7-12(11)17(13)10-4-6-18-8-10/h1-2,7,10H,3-6,8H2. The molecule has 0 saturated carbocycles. The quantitative estimate of drug-likeness (QED) is 0.801. The Balaban J connectivity index is 2.16. The highest BCUT2D eigenvalue weighted by Crippen LogP contribution is 2.32. The number of nitrogens with zero attached hydrogens (tertiary/aromatic N) is 2. The zero-order valence-electron chi connectivity index (χ0n) is 9.90. The van der Waals surface area contributed by atoms with Gasteiger partial charge >= 0.3 is 0 Å². The van der Waals surface area contributed by atoms with Gasteiger partial charge in [-0.2, -0.15) is 11.8 Å². The van der Waals surface area contributed by atoms with Crippen LogP contribution in [0.1, 0.15) is 18.3 Å². The maximum atomic E-state index is 13.4. The van der Waals surface area contributed by atoms with Crippen LogP contribution in [0.2, 0.25) is 0 Å². The van der Waals surface area contributed by atoms with Crippen LogP contribution in [-0.2, 0) is 6.42 Å². The van der Waals surface area contributed by atoms with Crippen molar-refractivity contribution in [2.45, 2.75) is 18.9 Å². The largest absolute Gasteiger partial charge is 0.324 e. The van der Waals surface area contributed by atoms with E-state index in [2.05, 4.69) is 9.55 Å². The predicted octanol–water partition coefficient (Wildman–Crippen LogP) is 3.63. The molecule has 0 spiro atoms. The van der Waals surface area contributed by atoms with E-state index in [0.29, 0.717) is 11.9 Å². The van der Waals surface area contributed by atoms with Gasteiger partial charge in [-0.15, -0.1) is 11.6 Å². The molecule has 1 saturated heterocycles. The summed E-state index contributed by atoms with van der Waals surface area (Å²) in [5.41, 5.74) is 1.77. The van der Waals surface area contributed by atoms with Crippen molar-refractivity contribution >= 4 is 34.4 Å². The minimum absolute atomic E-state index is 0.202. The number of thioether (sulfide) groups is 1. The Morgan fingerprint density at radius 2 is 2.39 bits per heavy atom. The summed E-state index contributed by atoms with van der Waals surface area (Å²) >= 11 is 7.79. The van der Waals surface area contributed by atoms with Crippen molar-refractivity contribution in [3.8, 4) is 0 Å². The fourth-order valence-electron chi connectivity index (χ4n) is 2.51. The molecule has 2 heterocycles. The molecular formula is C13H14ClFN2S. The number of hydrogen-bond acceptors (Lipinski definition) is 2. The van der Waals surface area contributed by atoms with E-state index in [1.54, 1.807) is 12.1 Å². The second kappa shape index (κ2) is 5.10. The van der Waals surface area contributed by atoms with Gasteiger partial charge in [0.05, 0.1) is 11.0 Å². The summed E-state index contributed by atoms with van der Waals surface area (Å²) in [6.45, 7) is 0. The second-order valence-electron chi connectivity index (χ2n) is 4.49. The molecule has 0 amide bonds. The first-order valence-corrected chi connectivity index (χ1v) is 7.78. The highest BCUT2D eigenvalue weighted by atomic mass is 35.5. The van der Waals surface area contributed by atoms with Crippen LogP contribution in [0.3, 0.4) is 0 Å². The molecule has 1 atom stereocenters. The number of aryl methyl sites for hydroxylation is 1. The molecule has 1 aliphatic heterocycles. The number of fused-ring (bicyclic) bond motifs is 1. The molecule has 2 aromatic rings. The molecule has 2 nitrogen and oxygen atoms in total. The van der Waals surface area contributed by atoms with E-state index in [1.807, 2.05) is 11.8 Å². The van der Waals surface area contributed by atoms with Gasteiger partial charge in [0, 0.05) is 24.1 Å². The molecule has 5 heteroatoms. The molecule has 1 fully saturated rings. The molecule has 0 bridgehead atoms. The zero-order valence-corrected chi connectivity index (χ0v) is 11.5. The topological polar surface area (TPSA) is 17.8 Å². The fourth-order valence-corrected chi connectivity index (χ4v) is 3.87. The van der Waals surface area contributed by atoms with E-state index in [1.165, 1.54) is 11.8 Å². The monoisotopic (exact) mass is 284 g/mol. The van der Waals surface area contributed by atoms with Crippen molar-refractivity contribution in [2.24, 2.45) is 0 Å². The van der Waals surface area contributed by atoms with Crippen molar-refractivity contribution < 1.29 is 4.39 Å². The maximum absolute atomic E-state index is 13.4. The first-order chi connectivity index (χ1) is 8.79. The molecule has 1 aromatic carbocycles. The number of halogens is 2. The number of aromatic nitrogens is 2. The Morgan fingerprint density at radius 1 is 1.50 bits per heavy atom. The van der Waals surface area contributed by atoms with Gasteiger partial charge < -0.3 is 4.57 Å². The lowest BCUT2D eigenvalue weighted by Crippen LogP contribution is -2.12. The molecule has 1 aromatic heterocycles. The summed E-state index contributed by atoms with van der Waals surface area (Å²) in [5.74, 6) is 3.58. The summed E-state index contributed by atoms with van der Waals surface area (Å²) < 4.78 is 15.6. The van der Waals surface area contributed by atoms with Crippen LogP contribution >= 0.6 is 23.4 Å². The third-order valence-corrected chi connectivity index (χ3v) is 4.65. The first kappa shape index (κ1) is 12.3. The highest BCUT2D eigenvalue weighted by Gasteiger charge is 2.22. The van der Waals surface area contributed by atoms with Crippen molar-refractivity contribution in [3.63, 3.8) is 0 Å². The van der Waals surface area contributed by atoms with Gasteiger partial charge in [0.15, 0.2) is 0 Å². The first-order valence-electron chi connectivity index (χ1n) is 6.09. The van der Waals surface area contributed by atoms with Crippen molar-refractivity contribution in [1.82, 2.24) is 9.55 Å². The van der Waals surface area contributed by atoms with Crippen LogP contribution < -0.4 is 0 Å². The van der Waals surface area contributed by atoms with E-state index in [-0.39, 0.29) is 5.82 Å². The summed E-state index contributed by atoms with van der Waals surface area (Å²) in [6.07, 6.45) is 1.86. The van der Waals surface area contributed by atoms with Crippen molar-refractivity contribution in [3.05, 3.63) is 29.8 Å². The molecule has 18 heavy (non-hydrogen) atoms. The van der Waals surface area contributed by atoms with Crippen LogP contribution in [-0.4, -0.2) is 26.9 Å². The van der Waals surface area contributed by atoms with E-state index < -0.39 is 0 Å². The molecule has 1 aliphatic rings. The normalized spacial score (nSPS) is 19.8. The Hall–Kier alpha value is -0.740. The number of alkyl halides is 1. The Morgan fingerprint density at radius 3 is 3.11 bits per heavy atom. The highest BCUT2D eigenvalue weighted by molar-refractivity contribution is 7.99. The Bertz CT molecular complexity index is 563. The van der Waals surface area contributed by atoms with Gasteiger partial charge in [-0.3, -0.25) is 0 Å². The second-order valence-corrected chi connectivity index (χ2v) is 6.02. The van der Waals surface area contributed by atoms with Crippen LogP contribution in [0.5, 0.6) is 0 Å². The van der Waals surface area contributed by atoms with Gasteiger partial charge in [-0.05, 0) is 30.4 Å². The van der Waals surface area contributed by atoms with E-state index >= 15 is 0 Å². The molecule has 96 valence electrons. The summed E-state index contributed by atoms with van der Waals surface area (Å²) in [5, 5.41) is 0. The van der Waals surface area contributed by atoms with Crippen molar-refractivity contribution in [2.75, 3.05) is 17.4 Å². The summed E-state index contributed by atoms with van der Waals surface area (Å²) in [6, 6.07) is 5.23. The smallest absolute Gasteiger partial charge is 0.125 e. The average molecular weight is 285 g/mol. The van der Waals surface area contributed by atoms with Crippen molar-refractivity contribution in [1.29, 1.82) is 0 Å². The molecule has 3 rings (SSSR count). The maximum Gasteiger partial charge on any atom is 0.125 e. The molecule has 1 unspecified atom stereocenters. The Kier molecular flexibility index (Phi) is 3.48. The van der Waals surface area contributed by atoms with E-state index in [0.717, 1.165) is 35.5 Å². The molecular weight excluding hydrogens is 271 g/mol. The lowest BCUT2D eigenvalue weighted by Gasteiger charge is -2.15. The van der Waals surface area contributed by atoms with Crippen LogP contribution in [0, 0.1) is 5.82 Å². The molecule has 0 radical (unpaired) electrons. The number of rotatable bonds is 3. The van der Waals surface area contributed by atoms with Gasteiger partial charge in [-0.1, -0.05) is 0 Å². The number of hydrogen-bond donors (Lipinski definition) is 0. The lowest BCUT2D eigenvalue weighted by atomic mass is 10.2. The lowest BCUT2D eigenvalue weighted by molar-refractivity contribution is 0.550. The van der Waals surface area contributed by atoms with Gasteiger partial charge in [0.2, 0.25) is 0 Å². The number of imidazole rings is 1. The predicted molar refractivity (Wildman–Crippen MR) is 75.1 cm³/mol. The summed E-state index contributed by atoms with van der Waals surface area (Å²) in [7, 11) is 0. The van der Waals surface area contributed by atoms with Crippen LogP contribution in [0.25, 0.3) is 11.0 Å². The molecule has 0 aliphatic carbocycles. The molecule has 0 N–H and O–H groups in total. The van der Waals surface area contributed by atoms with E-state index in [4.69, 9.17) is 11.6 Å². The minimum atomic E-state index is -0.202. The van der Waals surface area contributed by atoms with Gasteiger partial charge in [0.25, 0.3) is 0 Å². The minimum Gasteiger partial charge on any atom is -0.324 e. The van der Waals surface area contributed by atoms with Crippen LogP contribution in [0.4, 0.5) is 4.39 Å². The SMILES string of the molecule is Fc1ccc2nc(CCCl)n(C3CCSC3)c2c1. The van der Waals surface area contributed by atoms with Gasteiger partial charge in [0.1, 0.15) is 11.6 Å².